The minimum absolute atomic E-state index is 0.186. The van der Waals surface area contributed by atoms with E-state index in [-0.39, 0.29) is 5.41 Å². The Bertz CT molecular complexity index is 305. The van der Waals surface area contributed by atoms with Crippen molar-refractivity contribution in [1.29, 1.82) is 0 Å². The van der Waals surface area contributed by atoms with E-state index in [1.807, 2.05) is 6.92 Å². The van der Waals surface area contributed by atoms with Gasteiger partial charge in [0, 0.05) is 15.6 Å². The number of nitrogens with zero attached hydrogens (tertiary/aromatic N) is 1. The van der Waals surface area contributed by atoms with Crippen molar-refractivity contribution in [2.45, 2.75) is 39.5 Å². The molecule has 0 saturated carbocycles. The number of halogens is 1. The lowest BCUT2D eigenvalue weighted by Gasteiger charge is -2.22. The fourth-order valence-electron chi connectivity index (χ4n) is 1.10. The van der Waals surface area contributed by atoms with Crippen LogP contribution in [0.25, 0.3) is 0 Å². The van der Waals surface area contributed by atoms with E-state index in [1.54, 1.807) is 0 Å². The number of pyridine rings is 1. The van der Waals surface area contributed by atoms with E-state index in [2.05, 4.69) is 53.8 Å². The van der Waals surface area contributed by atoms with Crippen LogP contribution in [0, 0.1) is 6.92 Å². The summed E-state index contributed by atoms with van der Waals surface area (Å²) in [6.07, 6.45) is 1.11. The molecule has 1 aromatic rings. The second-order valence-electron chi connectivity index (χ2n) is 4.00. The summed E-state index contributed by atoms with van der Waals surface area (Å²) in [7, 11) is 0. The second-order valence-corrected chi connectivity index (χ2v) is 4.86. The SMILES string of the molecule is CCC(C)(C)c1ccc(Br)c(C)n1. The molecule has 2 heteroatoms. The Morgan fingerprint density at radius 3 is 2.46 bits per heavy atom. The van der Waals surface area contributed by atoms with E-state index < -0.39 is 0 Å². The van der Waals surface area contributed by atoms with Crippen molar-refractivity contribution >= 4 is 15.9 Å². The molecule has 0 aliphatic carbocycles. The van der Waals surface area contributed by atoms with Gasteiger partial charge in [0.25, 0.3) is 0 Å². The highest BCUT2D eigenvalue weighted by atomic mass is 79.9. The molecule has 0 aliphatic rings. The fraction of sp³-hybridized carbons (Fsp3) is 0.545. The van der Waals surface area contributed by atoms with Crippen molar-refractivity contribution in [3.8, 4) is 0 Å². The summed E-state index contributed by atoms with van der Waals surface area (Å²) < 4.78 is 1.09. The van der Waals surface area contributed by atoms with Crippen LogP contribution >= 0.6 is 15.9 Å². The van der Waals surface area contributed by atoms with Gasteiger partial charge in [-0.15, -0.1) is 0 Å². The minimum Gasteiger partial charge on any atom is -0.256 e. The van der Waals surface area contributed by atoms with Gasteiger partial charge in [0.2, 0.25) is 0 Å². The first-order valence-corrected chi connectivity index (χ1v) is 5.40. The highest BCUT2D eigenvalue weighted by molar-refractivity contribution is 9.10. The first-order chi connectivity index (χ1) is 5.97. The van der Waals surface area contributed by atoms with Gasteiger partial charge in [-0.05, 0) is 41.4 Å². The number of aryl methyl sites for hydroxylation is 1. The first-order valence-electron chi connectivity index (χ1n) is 4.61. The van der Waals surface area contributed by atoms with Crippen molar-refractivity contribution in [2.24, 2.45) is 0 Å². The monoisotopic (exact) mass is 241 g/mol. The highest BCUT2D eigenvalue weighted by Crippen LogP contribution is 2.26. The molecule has 0 spiro atoms. The van der Waals surface area contributed by atoms with Gasteiger partial charge in [-0.1, -0.05) is 20.8 Å². The molecule has 1 heterocycles. The molecule has 1 nitrogen and oxygen atoms in total. The van der Waals surface area contributed by atoms with E-state index >= 15 is 0 Å². The highest BCUT2D eigenvalue weighted by Gasteiger charge is 2.19. The quantitative estimate of drug-likeness (QED) is 0.767. The Morgan fingerprint density at radius 2 is 2.00 bits per heavy atom. The topological polar surface area (TPSA) is 12.9 Å². The molecule has 13 heavy (non-hydrogen) atoms. The molecule has 0 amide bonds. The van der Waals surface area contributed by atoms with Crippen LogP contribution in [0.15, 0.2) is 16.6 Å². The second kappa shape index (κ2) is 3.79. The average molecular weight is 242 g/mol. The first kappa shape index (κ1) is 10.7. The zero-order valence-electron chi connectivity index (χ0n) is 8.69. The van der Waals surface area contributed by atoms with Crippen LogP contribution in [0.1, 0.15) is 38.6 Å². The molecule has 0 aliphatic heterocycles. The maximum atomic E-state index is 4.57. The van der Waals surface area contributed by atoms with Gasteiger partial charge in [-0.25, -0.2) is 0 Å². The third kappa shape index (κ3) is 2.31. The minimum atomic E-state index is 0.186. The molecule has 0 unspecified atom stereocenters. The van der Waals surface area contributed by atoms with Crippen LogP contribution < -0.4 is 0 Å². The predicted molar refractivity (Wildman–Crippen MR) is 60.0 cm³/mol. The standard InChI is InChI=1S/C11H16BrN/c1-5-11(3,4)10-7-6-9(12)8(2)13-10/h6-7H,5H2,1-4H3. The lowest BCUT2D eigenvalue weighted by molar-refractivity contribution is 0.489. The van der Waals surface area contributed by atoms with Gasteiger partial charge >= 0.3 is 0 Å². The number of hydrogen-bond acceptors (Lipinski definition) is 1. The lowest BCUT2D eigenvalue weighted by atomic mass is 9.86. The van der Waals surface area contributed by atoms with Crippen molar-refractivity contribution in [3.63, 3.8) is 0 Å². The van der Waals surface area contributed by atoms with E-state index in [1.165, 1.54) is 5.69 Å². The fourth-order valence-corrected chi connectivity index (χ4v) is 1.32. The smallest absolute Gasteiger partial charge is 0.0518 e. The summed E-state index contributed by atoms with van der Waals surface area (Å²) in [5.41, 5.74) is 2.43. The molecule has 1 rings (SSSR count). The van der Waals surface area contributed by atoms with Gasteiger partial charge in [0.1, 0.15) is 0 Å². The molecule has 0 bridgehead atoms. The Hall–Kier alpha value is -0.370. The van der Waals surface area contributed by atoms with Crippen molar-refractivity contribution in [3.05, 3.63) is 28.0 Å². The van der Waals surface area contributed by atoms with E-state index in [4.69, 9.17) is 0 Å². The Balaban J connectivity index is 3.10. The molecule has 0 N–H and O–H groups in total. The number of hydrogen-bond donors (Lipinski definition) is 0. The normalized spacial score (nSPS) is 11.8. The summed E-state index contributed by atoms with van der Waals surface area (Å²) in [6.45, 7) is 8.67. The lowest BCUT2D eigenvalue weighted by Crippen LogP contribution is -2.17. The Labute approximate surface area is 88.7 Å². The molecule has 0 atom stereocenters. The summed E-state index contributed by atoms with van der Waals surface area (Å²) >= 11 is 3.46. The molecule has 0 saturated heterocycles. The van der Waals surface area contributed by atoms with Gasteiger partial charge in [0.15, 0.2) is 0 Å². The number of rotatable bonds is 2. The van der Waals surface area contributed by atoms with Crippen molar-refractivity contribution < 1.29 is 0 Å². The largest absolute Gasteiger partial charge is 0.256 e. The predicted octanol–water partition coefficient (Wildman–Crippen LogP) is 3.84. The molecule has 1 aromatic heterocycles. The van der Waals surface area contributed by atoms with Gasteiger partial charge in [0.05, 0.1) is 5.69 Å². The molecule has 0 fully saturated rings. The summed E-state index contributed by atoms with van der Waals surface area (Å²) in [6, 6.07) is 4.18. The Morgan fingerprint density at radius 1 is 1.38 bits per heavy atom. The Kier molecular flexibility index (Phi) is 3.12. The zero-order valence-corrected chi connectivity index (χ0v) is 10.3. The van der Waals surface area contributed by atoms with Crippen molar-refractivity contribution in [2.75, 3.05) is 0 Å². The van der Waals surface area contributed by atoms with Crippen LogP contribution in [-0.2, 0) is 5.41 Å². The van der Waals surface area contributed by atoms with Crippen LogP contribution in [0.4, 0.5) is 0 Å². The molecular weight excluding hydrogens is 226 g/mol. The van der Waals surface area contributed by atoms with Crippen molar-refractivity contribution in [1.82, 2.24) is 4.98 Å². The van der Waals surface area contributed by atoms with Crippen LogP contribution in [0.2, 0.25) is 0 Å². The summed E-state index contributed by atoms with van der Waals surface area (Å²) in [5, 5.41) is 0. The summed E-state index contributed by atoms with van der Waals surface area (Å²) in [4.78, 5) is 4.57. The zero-order chi connectivity index (χ0) is 10.1. The van der Waals surface area contributed by atoms with Gasteiger partial charge < -0.3 is 0 Å². The molecular formula is C11H16BrN. The van der Waals surface area contributed by atoms with E-state index in [0.717, 1.165) is 16.6 Å². The maximum absolute atomic E-state index is 4.57. The molecule has 0 aromatic carbocycles. The molecule has 0 radical (unpaired) electrons. The van der Waals surface area contributed by atoms with Gasteiger partial charge in [-0.3, -0.25) is 4.98 Å². The third-order valence-electron chi connectivity index (χ3n) is 2.60. The van der Waals surface area contributed by atoms with Crippen LogP contribution in [-0.4, -0.2) is 4.98 Å². The van der Waals surface area contributed by atoms with E-state index in [9.17, 15) is 0 Å². The maximum Gasteiger partial charge on any atom is 0.0518 e. The third-order valence-corrected chi connectivity index (χ3v) is 3.44. The van der Waals surface area contributed by atoms with E-state index in [0.29, 0.717) is 0 Å². The summed E-state index contributed by atoms with van der Waals surface area (Å²) in [5.74, 6) is 0. The van der Waals surface area contributed by atoms with Gasteiger partial charge in [-0.2, -0.15) is 0 Å². The molecule has 72 valence electrons. The van der Waals surface area contributed by atoms with Crippen LogP contribution in [0.3, 0.4) is 0 Å². The number of aromatic nitrogens is 1. The van der Waals surface area contributed by atoms with Crippen LogP contribution in [0.5, 0.6) is 0 Å². The average Bonchev–Trinajstić information content (AvgIpc) is 2.09.